The second kappa shape index (κ2) is 5.75. The molecule has 1 aromatic carbocycles. The van der Waals surface area contributed by atoms with Crippen molar-refractivity contribution in [2.75, 3.05) is 5.73 Å². The molecule has 20 heavy (non-hydrogen) atoms. The smallest absolute Gasteiger partial charge is 0.290 e. The molecule has 2 rings (SSSR count). The highest BCUT2D eigenvalue weighted by Gasteiger charge is 2.16. The first kappa shape index (κ1) is 14.7. The summed E-state index contributed by atoms with van der Waals surface area (Å²) in [5.74, 6) is 0.449. The van der Waals surface area contributed by atoms with Crippen molar-refractivity contribution in [2.24, 2.45) is 13.0 Å². The lowest BCUT2D eigenvalue weighted by molar-refractivity contribution is 0.500. The van der Waals surface area contributed by atoms with Crippen molar-refractivity contribution in [2.45, 2.75) is 26.8 Å². The SMILES string of the molecule is CC(C)Cc1c(N)c(=O)n(Cc2cccc(Cl)c2)n1C. The van der Waals surface area contributed by atoms with Crippen LogP contribution in [0, 0.1) is 5.92 Å². The minimum atomic E-state index is -0.136. The Labute approximate surface area is 123 Å². The lowest BCUT2D eigenvalue weighted by atomic mass is 10.1. The van der Waals surface area contributed by atoms with Gasteiger partial charge in [-0.2, -0.15) is 0 Å². The molecule has 0 aliphatic rings. The fourth-order valence-electron chi connectivity index (χ4n) is 2.33. The highest BCUT2D eigenvalue weighted by atomic mass is 35.5. The Kier molecular flexibility index (Phi) is 4.23. The van der Waals surface area contributed by atoms with Gasteiger partial charge in [0.2, 0.25) is 0 Å². The third kappa shape index (κ3) is 2.90. The van der Waals surface area contributed by atoms with Crippen LogP contribution in [0.15, 0.2) is 29.1 Å². The third-order valence-corrected chi connectivity index (χ3v) is 3.59. The molecule has 108 valence electrons. The first-order valence-corrected chi connectivity index (χ1v) is 7.06. The van der Waals surface area contributed by atoms with Crippen molar-refractivity contribution in [1.29, 1.82) is 0 Å². The maximum atomic E-state index is 12.3. The van der Waals surface area contributed by atoms with E-state index in [9.17, 15) is 4.79 Å². The fourth-order valence-corrected chi connectivity index (χ4v) is 2.55. The number of nitrogen functional groups attached to an aromatic ring is 1. The van der Waals surface area contributed by atoms with E-state index >= 15 is 0 Å². The van der Waals surface area contributed by atoms with E-state index in [1.165, 1.54) is 0 Å². The predicted molar refractivity (Wildman–Crippen MR) is 83.2 cm³/mol. The summed E-state index contributed by atoms with van der Waals surface area (Å²) in [6, 6.07) is 7.50. The second-order valence-electron chi connectivity index (χ2n) is 5.47. The molecule has 0 amide bonds. The van der Waals surface area contributed by atoms with Crippen LogP contribution in [0.5, 0.6) is 0 Å². The number of rotatable bonds is 4. The molecule has 0 spiro atoms. The number of anilines is 1. The average molecular weight is 294 g/mol. The summed E-state index contributed by atoms with van der Waals surface area (Å²) in [6.45, 7) is 4.69. The molecule has 4 nitrogen and oxygen atoms in total. The maximum absolute atomic E-state index is 12.3. The van der Waals surface area contributed by atoms with Crippen LogP contribution in [0.3, 0.4) is 0 Å². The van der Waals surface area contributed by atoms with Gasteiger partial charge in [0.15, 0.2) is 0 Å². The van der Waals surface area contributed by atoms with Gasteiger partial charge in [0.25, 0.3) is 5.56 Å². The Hall–Kier alpha value is -1.68. The number of hydrogen-bond acceptors (Lipinski definition) is 2. The third-order valence-electron chi connectivity index (χ3n) is 3.35. The molecular formula is C15H20ClN3O. The van der Waals surface area contributed by atoms with E-state index in [-0.39, 0.29) is 5.56 Å². The van der Waals surface area contributed by atoms with E-state index in [4.69, 9.17) is 17.3 Å². The van der Waals surface area contributed by atoms with Crippen molar-refractivity contribution >= 4 is 17.3 Å². The number of aromatic nitrogens is 2. The van der Waals surface area contributed by atoms with Gasteiger partial charge in [-0.1, -0.05) is 37.6 Å². The van der Waals surface area contributed by atoms with Crippen molar-refractivity contribution < 1.29 is 0 Å². The minimum absolute atomic E-state index is 0.136. The summed E-state index contributed by atoms with van der Waals surface area (Å²) >= 11 is 5.98. The standard InChI is InChI=1S/C15H20ClN3O/c1-10(2)7-13-14(17)15(20)19(18(13)3)9-11-5-4-6-12(16)8-11/h4-6,8,10H,7,9,17H2,1-3H3. The molecule has 0 atom stereocenters. The summed E-state index contributed by atoms with van der Waals surface area (Å²) in [7, 11) is 1.88. The zero-order valence-corrected chi connectivity index (χ0v) is 12.8. The Morgan fingerprint density at radius 2 is 2.05 bits per heavy atom. The number of halogens is 1. The summed E-state index contributed by atoms with van der Waals surface area (Å²) in [6.07, 6.45) is 0.792. The van der Waals surface area contributed by atoms with Gasteiger partial charge in [0, 0.05) is 12.1 Å². The van der Waals surface area contributed by atoms with Gasteiger partial charge in [-0.3, -0.25) is 9.48 Å². The predicted octanol–water partition coefficient (Wildman–Crippen LogP) is 2.67. The van der Waals surface area contributed by atoms with E-state index in [0.29, 0.717) is 23.2 Å². The van der Waals surface area contributed by atoms with Crippen molar-refractivity contribution in [3.63, 3.8) is 0 Å². The molecule has 0 fully saturated rings. The first-order valence-electron chi connectivity index (χ1n) is 6.68. The molecule has 0 saturated heterocycles. The molecule has 0 radical (unpaired) electrons. The second-order valence-corrected chi connectivity index (χ2v) is 5.91. The van der Waals surface area contributed by atoms with E-state index in [1.807, 2.05) is 36.0 Å². The highest BCUT2D eigenvalue weighted by molar-refractivity contribution is 6.30. The lowest BCUT2D eigenvalue weighted by Gasteiger charge is -2.11. The van der Waals surface area contributed by atoms with Gasteiger partial charge < -0.3 is 5.73 Å². The molecular weight excluding hydrogens is 274 g/mol. The average Bonchev–Trinajstić information content (AvgIpc) is 2.56. The van der Waals surface area contributed by atoms with Crippen LogP contribution in [0.2, 0.25) is 5.02 Å². The highest BCUT2D eigenvalue weighted by Crippen LogP contribution is 2.15. The van der Waals surface area contributed by atoms with Gasteiger partial charge in [-0.05, 0) is 30.0 Å². The molecule has 2 N–H and O–H groups in total. The van der Waals surface area contributed by atoms with Crippen molar-refractivity contribution in [1.82, 2.24) is 9.36 Å². The van der Waals surface area contributed by atoms with Crippen LogP contribution in [-0.2, 0) is 20.0 Å². The first-order chi connectivity index (χ1) is 9.40. The van der Waals surface area contributed by atoms with E-state index in [2.05, 4.69) is 13.8 Å². The Bertz CT molecular complexity index is 670. The van der Waals surface area contributed by atoms with Gasteiger partial charge in [-0.25, -0.2) is 4.68 Å². The van der Waals surface area contributed by atoms with Crippen LogP contribution in [0.4, 0.5) is 5.69 Å². The Morgan fingerprint density at radius 3 is 2.65 bits per heavy atom. The van der Waals surface area contributed by atoms with Crippen LogP contribution < -0.4 is 11.3 Å². The fraction of sp³-hybridized carbons (Fsp3) is 0.400. The van der Waals surface area contributed by atoms with Crippen LogP contribution in [0.25, 0.3) is 0 Å². The zero-order valence-electron chi connectivity index (χ0n) is 12.1. The molecule has 0 aliphatic carbocycles. The Morgan fingerprint density at radius 1 is 1.35 bits per heavy atom. The monoisotopic (exact) mass is 293 g/mol. The van der Waals surface area contributed by atoms with Crippen molar-refractivity contribution in [3.8, 4) is 0 Å². The van der Waals surface area contributed by atoms with Gasteiger partial charge in [-0.15, -0.1) is 0 Å². The van der Waals surface area contributed by atoms with Crippen LogP contribution in [-0.4, -0.2) is 9.36 Å². The lowest BCUT2D eigenvalue weighted by Crippen LogP contribution is -2.23. The van der Waals surface area contributed by atoms with E-state index in [0.717, 1.165) is 17.7 Å². The largest absolute Gasteiger partial charge is 0.393 e. The van der Waals surface area contributed by atoms with Crippen LogP contribution >= 0.6 is 11.6 Å². The van der Waals surface area contributed by atoms with E-state index < -0.39 is 0 Å². The molecule has 1 heterocycles. The van der Waals surface area contributed by atoms with Gasteiger partial charge >= 0.3 is 0 Å². The van der Waals surface area contributed by atoms with E-state index in [1.54, 1.807) is 4.68 Å². The molecule has 0 saturated carbocycles. The van der Waals surface area contributed by atoms with Crippen LogP contribution in [0.1, 0.15) is 25.1 Å². The normalized spacial score (nSPS) is 11.2. The summed E-state index contributed by atoms with van der Waals surface area (Å²) in [4.78, 5) is 12.3. The minimum Gasteiger partial charge on any atom is -0.393 e. The van der Waals surface area contributed by atoms with Crippen molar-refractivity contribution in [3.05, 3.63) is 50.9 Å². The summed E-state index contributed by atoms with van der Waals surface area (Å²) in [5, 5.41) is 0.667. The zero-order chi connectivity index (χ0) is 14.9. The number of nitrogens with two attached hydrogens (primary N) is 1. The topological polar surface area (TPSA) is 53.0 Å². The Balaban J connectivity index is 2.40. The maximum Gasteiger partial charge on any atom is 0.290 e. The molecule has 1 aromatic heterocycles. The summed E-state index contributed by atoms with van der Waals surface area (Å²) in [5.41, 5.74) is 8.05. The summed E-state index contributed by atoms with van der Waals surface area (Å²) < 4.78 is 3.51. The molecule has 2 aromatic rings. The molecule has 0 aliphatic heterocycles. The number of nitrogens with zero attached hydrogens (tertiary/aromatic N) is 2. The molecule has 0 bridgehead atoms. The quantitative estimate of drug-likeness (QED) is 0.942. The molecule has 5 heteroatoms. The van der Waals surface area contributed by atoms with Gasteiger partial charge in [0.05, 0.1) is 12.2 Å². The number of benzene rings is 1. The van der Waals surface area contributed by atoms with Gasteiger partial charge in [0.1, 0.15) is 5.69 Å². The molecule has 0 unspecified atom stereocenters. The number of hydrogen-bond donors (Lipinski definition) is 1.